The number of nitrogens with zero attached hydrogens (tertiary/aromatic N) is 4. The van der Waals surface area contributed by atoms with Gasteiger partial charge in [0.2, 0.25) is 0 Å². The van der Waals surface area contributed by atoms with Crippen LogP contribution in [0.15, 0.2) is 48.9 Å². The Bertz CT molecular complexity index is 1010. The molecule has 3 aromatic rings. The van der Waals surface area contributed by atoms with Gasteiger partial charge >= 0.3 is 0 Å². The molecule has 2 saturated heterocycles. The molecule has 3 aromatic heterocycles. The first-order valence-corrected chi connectivity index (χ1v) is 10.4. The summed E-state index contributed by atoms with van der Waals surface area (Å²) in [6, 6.07) is 10.3. The van der Waals surface area contributed by atoms with E-state index in [0.29, 0.717) is 12.5 Å². The molecular weight excluding hydrogens is 364 g/mol. The molecule has 0 aliphatic carbocycles. The second-order valence-corrected chi connectivity index (χ2v) is 7.84. The van der Waals surface area contributed by atoms with Crippen LogP contribution in [-0.4, -0.2) is 51.6 Å². The fraction of sp³-hybridized carbons (Fsp3) is 0.391. The smallest absolute Gasteiger partial charge is 0.251 e. The Hall–Kier alpha value is -2.86. The van der Waals surface area contributed by atoms with Crippen molar-refractivity contribution in [3.8, 4) is 11.1 Å². The molecule has 2 aliphatic heterocycles. The maximum Gasteiger partial charge on any atom is 0.251 e. The summed E-state index contributed by atoms with van der Waals surface area (Å²) in [5.41, 5.74) is 4.02. The Morgan fingerprint density at radius 3 is 2.62 bits per heavy atom. The lowest BCUT2D eigenvalue weighted by atomic mass is 9.92. The molecule has 6 heteroatoms. The number of hydrogen-bond donors (Lipinski definition) is 0. The lowest BCUT2D eigenvalue weighted by Gasteiger charge is -2.33. The number of amides is 1. The second-order valence-electron chi connectivity index (χ2n) is 7.84. The van der Waals surface area contributed by atoms with E-state index in [1.54, 1.807) is 12.4 Å². The van der Waals surface area contributed by atoms with Crippen LogP contribution in [0.1, 0.15) is 37.3 Å². The molecule has 29 heavy (non-hydrogen) atoms. The maximum atomic E-state index is 12.5. The van der Waals surface area contributed by atoms with Crippen molar-refractivity contribution in [2.75, 3.05) is 19.7 Å². The molecule has 0 spiro atoms. The molecular formula is C23H24N4O2. The average Bonchev–Trinajstić information content (AvgIpc) is 3.34. The van der Waals surface area contributed by atoms with Crippen molar-refractivity contribution in [2.45, 2.75) is 37.7 Å². The summed E-state index contributed by atoms with van der Waals surface area (Å²) >= 11 is 0. The fourth-order valence-electron chi connectivity index (χ4n) is 4.33. The molecule has 5 rings (SSSR count). The minimum absolute atomic E-state index is 0.165. The molecule has 148 valence electrons. The molecule has 1 amide bonds. The van der Waals surface area contributed by atoms with Crippen LogP contribution >= 0.6 is 0 Å². The Kier molecular flexibility index (Phi) is 4.94. The van der Waals surface area contributed by atoms with Gasteiger partial charge in [-0.25, -0.2) is 9.97 Å². The highest BCUT2D eigenvalue weighted by atomic mass is 16.5. The molecule has 0 radical (unpaired) electrons. The van der Waals surface area contributed by atoms with Crippen LogP contribution in [0.2, 0.25) is 0 Å². The van der Waals surface area contributed by atoms with Gasteiger partial charge in [-0.3, -0.25) is 9.78 Å². The van der Waals surface area contributed by atoms with Crippen LogP contribution < -0.4 is 0 Å². The lowest BCUT2D eigenvalue weighted by Crippen LogP contribution is -2.43. The fourth-order valence-corrected chi connectivity index (χ4v) is 4.33. The molecule has 6 nitrogen and oxygen atoms in total. The van der Waals surface area contributed by atoms with Crippen molar-refractivity contribution in [3.63, 3.8) is 0 Å². The maximum absolute atomic E-state index is 12.5. The minimum atomic E-state index is -0.218. The molecule has 0 N–H and O–H groups in total. The van der Waals surface area contributed by atoms with Crippen LogP contribution in [0.5, 0.6) is 0 Å². The summed E-state index contributed by atoms with van der Waals surface area (Å²) in [6.45, 7) is 2.26. The van der Waals surface area contributed by atoms with E-state index < -0.39 is 0 Å². The predicted octanol–water partition coefficient (Wildman–Crippen LogP) is 3.58. The molecule has 5 heterocycles. The van der Waals surface area contributed by atoms with Gasteiger partial charge in [0.05, 0.1) is 0 Å². The number of aromatic nitrogens is 3. The monoisotopic (exact) mass is 388 g/mol. The largest absolute Gasteiger partial charge is 0.368 e. The highest BCUT2D eigenvalue weighted by Gasteiger charge is 2.31. The SMILES string of the molecule is O=C(C1CCCO1)N1CCC(c2ccc3cc(-c4ccncc4)cnc3n2)CC1. The average molecular weight is 388 g/mol. The van der Waals surface area contributed by atoms with Crippen molar-refractivity contribution < 1.29 is 9.53 Å². The van der Waals surface area contributed by atoms with Crippen LogP contribution in [0.4, 0.5) is 0 Å². The number of pyridine rings is 3. The molecule has 1 atom stereocenters. The van der Waals surface area contributed by atoms with Crippen LogP contribution in [0.3, 0.4) is 0 Å². The van der Waals surface area contributed by atoms with E-state index in [-0.39, 0.29) is 12.0 Å². The van der Waals surface area contributed by atoms with E-state index in [1.807, 2.05) is 23.2 Å². The van der Waals surface area contributed by atoms with Gasteiger partial charge in [-0.2, -0.15) is 0 Å². The number of carbonyl (C=O) groups is 1. The Morgan fingerprint density at radius 2 is 1.86 bits per heavy atom. The van der Waals surface area contributed by atoms with Crippen molar-refractivity contribution >= 4 is 16.9 Å². The third kappa shape index (κ3) is 3.72. The van der Waals surface area contributed by atoms with E-state index in [1.165, 1.54) is 0 Å². The number of carbonyl (C=O) groups excluding carboxylic acids is 1. The minimum Gasteiger partial charge on any atom is -0.368 e. The van der Waals surface area contributed by atoms with E-state index >= 15 is 0 Å². The lowest BCUT2D eigenvalue weighted by molar-refractivity contribution is -0.142. The van der Waals surface area contributed by atoms with E-state index in [4.69, 9.17) is 9.72 Å². The van der Waals surface area contributed by atoms with Crippen LogP contribution in [-0.2, 0) is 9.53 Å². The third-order valence-electron chi connectivity index (χ3n) is 6.01. The molecule has 1 unspecified atom stereocenters. The zero-order valence-corrected chi connectivity index (χ0v) is 16.3. The highest BCUT2D eigenvalue weighted by Crippen LogP contribution is 2.30. The number of piperidine rings is 1. The first kappa shape index (κ1) is 18.2. The van der Waals surface area contributed by atoms with Gasteiger partial charge in [-0.15, -0.1) is 0 Å². The molecule has 0 saturated carbocycles. The highest BCUT2D eigenvalue weighted by molar-refractivity contribution is 5.82. The van der Waals surface area contributed by atoms with Crippen LogP contribution in [0, 0.1) is 0 Å². The number of likely N-dealkylation sites (tertiary alicyclic amines) is 1. The summed E-state index contributed by atoms with van der Waals surface area (Å²) in [5, 5.41) is 1.04. The summed E-state index contributed by atoms with van der Waals surface area (Å²) in [7, 11) is 0. The van der Waals surface area contributed by atoms with E-state index in [9.17, 15) is 4.79 Å². The van der Waals surface area contributed by atoms with Crippen molar-refractivity contribution in [3.05, 3.63) is 54.6 Å². The Morgan fingerprint density at radius 1 is 1.03 bits per heavy atom. The second kappa shape index (κ2) is 7.87. The van der Waals surface area contributed by atoms with E-state index in [2.05, 4.69) is 28.2 Å². The van der Waals surface area contributed by atoms with Crippen molar-refractivity contribution in [1.82, 2.24) is 19.9 Å². The quantitative estimate of drug-likeness (QED) is 0.686. The summed E-state index contributed by atoms with van der Waals surface area (Å²) < 4.78 is 5.55. The van der Waals surface area contributed by atoms with Gasteiger partial charge < -0.3 is 9.64 Å². The number of rotatable bonds is 3. The van der Waals surface area contributed by atoms with Crippen LogP contribution in [0.25, 0.3) is 22.2 Å². The number of hydrogen-bond acceptors (Lipinski definition) is 5. The van der Waals surface area contributed by atoms with Gasteiger partial charge in [-0.1, -0.05) is 0 Å². The van der Waals surface area contributed by atoms with Crippen molar-refractivity contribution in [1.29, 1.82) is 0 Å². The van der Waals surface area contributed by atoms with Gasteiger partial charge in [0.1, 0.15) is 6.10 Å². The number of fused-ring (bicyclic) bond motifs is 1. The topological polar surface area (TPSA) is 68.2 Å². The van der Waals surface area contributed by atoms with Crippen molar-refractivity contribution in [2.24, 2.45) is 0 Å². The summed E-state index contributed by atoms with van der Waals surface area (Å²) in [5.74, 6) is 0.535. The first-order valence-electron chi connectivity index (χ1n) is 10.4. The summed E-state index contributed by atoms with van der Waals surface area (Å²) in [6.07, 6.45) is 8.95. The first-order chi connectivity index (χ1) is 14.3. The standard InChI is InChI=1S/C23H24N4O2/c28-23(21-2-1-13-29-21)27-11-7-17(8-12-27)20-4-3-18-14-19(15-25-22(18)26-20)16-5-9-24-10-6-16/h3-6,9-10,14-15,17,21H,1-2,7-8,11-13H2. The molecule has 0 bridgehead atoms. The van der Waals surface area contributed by atoms with Gasteiger partial charge in [0.25, 0.3) is 5.91 Å². The molecule has 2 aliphatic rings. The third-order valence-corrected chi connectivity index (χ3v) is 6.01. The zero-order chi connectivity index (χ0) is 19.6. The summed E-state index contributed by atoms with van der Waals surface area (Å²) in [4.78, 5) is 28.0. The predicted molar refractivity (Wildman–Crippen MR) is 110 cm³/mol. The number of ether oxygens (including phenoxy) is 1. The van der Waals surface area contributed by atoms with E-state index in [0.717, 1.165) is 66.6 Å². The van der Waals surface area contributed by atoms with Gasteiger partial charge in [0.15, 0.2) is 5.65 Å². The van der Waals surface area contributed by atoms with Gasteiger partial charge in [0, 0.05) is 60.8 Å². The normalized spacial score (nSPS) is 20.3. The Balaban J connectivity index is 1.29. The molecule has 0 aromatic carbocycles. The molecule has 2 fully saturated rings. The van der Waals surface area contributed by atoms with Gasteiger partial charge in [-0.05, 0) is 61.6 Å². The zero-order valence-electron chi connectivity index (χ0n) is 16.3. The Labute approximate surface area is 170 Å².